The van der Waals surface area contributed by atoms with E-state index in [4.69, 9.17) is 0 Å². The molecule has 3 N–H and O–H groups in total. The summed E-state index contributed by atoms with van der Waals surface area (Å²) in [5, 5.41) is 31.5. The molecule has 28 heavy (non-hydrogen) atoms. The van der Waals surface area contributed by atoms with E-state index >= 15 is 0 Å². The van der Waals surface area contributed by atoms with Gasteiger partial charge in [-0.15, -0.1) is 0 Å². The molecule has 1 aromatic rings. The standard InChI is InChI=1S/C22H27NO5/c24-16-4-3-14-7-19-22(28)10-15(8-20(26)27)18(25)11-21(22,17(14)9-16)5-6-23(19)12-13-1-2-13/h3-4,9,13,15,19,24,28H,1-2,5-8,10-12H2,(H,26,27)/t15?,19-,21-,22-/m1/s1. The number of phenols is 1. The number of phenolic OH excluding ortho intramolecular Hbond substituents is 1. The number of aliphatic carboxylic acids is 1. The van der Waals surface area contributed by atoms with Crippen molar-refractivity contribution in [2.75, 3.05) is 13.1 Å². The Balaban J connectivity index is 1.61. The summed E-state index contributed by atoms with van der Waals surface area (Å²) in [7, 11) is 0. The second-order valence-corrected chi connectivity index (χ2v) is 9.40. The van der Waals surface area contributed by atoms with Crippen molar-refractivity contribution in [1.82, 2.24) is 4.90 Å². The van der Waals surface area contributed by atoms with Crippen LogP contribution in [-0.2, 0) is 21.4 Å². The summed E-state index contributed by atoms with van der Waals surface area (Å²) < 4.78 is 0. The third-order valence-corrected chi connectivity index (χ3v) is 7.77. The highest BCUT2D eigenvalue weighted by atomic mass is 16.4. The number of hydrogen-bond donors (Lipinski definition) is 3. The average Bonchev–Trinajstić information content (AvgIpc) is 3.43. The van der Waals surface area contributed by atoms with Gasteiger partial charge in [-0.25, -0.2) is 0 Å². The molecule has 1 unspecified atom stereocenters. The SMILES string of the molecule is O=C(O)CC1C[C@@]2(O)[C@H]3Cc4ccc(O)cc4[C@@]2(CCN3CC2CC2)CC1=O. The Hall–Kier alpha value is -1.92. The lowest BCUT2D eigenvalue weighted by atomic mass is 9.47. The summed E-state index contributed by atoms with van der Waals surface area (Å²) in [4.78, 5) is 26.6. The number of carbonyl (C=O) groups is 2. The summed E-state index contributed by atoms with van der Waals surface area (Å²) in [6.07, 6.45) is 3.93. The summed E-state index contributed by atoms with van der Waals surface area (Å²) in [5.41, 5.74) is 0.113. The predicted octanol–water partition coefficient (Wildman–Crippen LogP) is 1.86. The monoisotopic (exact) mass is 385 g/mol. The first-order valence-electron chi connectivity index (χ1n) is 10.4. The molecule has 1 saturated heterocycles. The summed E-state index contributed by atoms with van der Waals surface area (Å²) in [5.74, 6) is -0.867. The van der Waals surface area contributed by atoms with E-state index in [0.29, 0.717) is 18.8 Å². The molecule has 0 radical (unpaired) electrons. The Morgan fingerprint density at radius 2 is 2.07 bits per heavy atom. The first kappa shape index (κ1) is 18.1. The van der Waals surface area contributed by atoms with E-state index in [1.54, 1.807) is 12.1 Å². The van der Waals surface area contributed by atoms with Gasteiger partial charge in [0.1, 0.15) is 11.5 Å². The van der Waals surface area contributed by atoms with E-state index in [1.165, 1.54) is 12.8 Å². The Kier molecular flexibility index (Phi) is 3.91. The average molecular weight is 385 g/mol. The molecule has 1 heterocycles. The maximum Gasteiger partial charge on any atom is 0.304 e. The largest absolute Gasteiger partial charge is 0.508 e. The van der Waals surface area contributed by atoms with Crippen molar-refractivity contribution in [2.45, 2.75) is 62.0 Å². The van der Waals surface area contributed by atoms with Crippen molar-refractivity contribution in [2.24, 2.45) is 11.8 Å². The normalized spacial score (nSPS) is 37.2. The van der Waals surface area contributed by atoms with Crippen LogP contribution in [0.5, 0.6) is 5.75 Å². The van der Waals surface area contributed by atoms with E-state index in [1.807, 2.05) is 6.07 Å². The van der Waals surface area contributed by atoms with E-state index in [2.05, 4.69) is 4.90 Å². The number of nitrogens with zero attached hydrogens (tertiary/aromatic N) is 1. The zero-order valence-electron chi connectivity index (χ0n) is 15.9. The number of carboxylic acid groups (broad SMARTS) is 1. The smallest absolute Gasteiger partial charge is 0.304 e. The van der Waals surface area contributed by atoms with Crippen LogP contribution in [0.2, 0.25) is 0 Å². The van der Waals surface area contributed by atoms with Crippen molar-refractivity contribution in [3.8, 4) is 5.75 Å². The molecule has 2 bridgehead atoms. The third-order valence-electron chi connectivity index (χ3n) is 7.77. The zero-order valence-corrected chi connectivity index (χ0v) is 15.9. The molecule has 4 atom stereocenters. The fourth-order valence-electron chi connectivity index (χ4n) is 6.24. The number of fused-ring (bicyclic) bond motifs is 1. The summed E-state index contributed by atoms with van der Waals surface area (Å²) >= 11 is 0. The van der Waals surface area contributed by atoms with Crippen LogP contribution in [0.4, 0.5) is 0 Å². The van der Waals surface area contributed by atoms with Gasteiger partial charge in [0.25, 0.3) is 0 Å². The first-order valence-corrected chi connectivity index (χ1v) is 10.4. The Morgan fingerprint density at radius 3 is 2.79 bits per heavy atom. The van der Waals surface area contributed by atoms with Crippen molar-refractivity contribution in [3.05, 3.63) is 29.3 Å². The maximum absolute atomic E-state index is 12.9. The van der Waals surface area contributed by atoms with Crippen molar-refractivity contribution >= 4 is 11.8 Å². The molecule has 0 spiro atoms. The molecule has 150 valence electrons. The fraction of sp³-hybridized carbons (Fsp3) is 0.636. The van der Waals surface area contributed by atoms with Crippen LogP contribution >= 0.6 is 0 Å². The molecular formula is C22H27NO5. The molecule has 2 saturated carbocycles. The van der Waals surface area contributed by atoms with Crippen LogP contribution in [0.3, 0.4) is 0 Å². The molecule has 5 rings (SSSR count). The minimum absolute atomic E-state index is 0.0716. The minimum Gasteiger partial charge on any atom is -0.508 e. The molecule has 0 amide bonds. The lowest BCUT2D eigenvalue weighted by Crippen LogP contribution is -2.74. The van der Waals surface area contributed by atoms with E-state index in [-0.39, 0.29) is 36.8 Å². The number of piperidine rings is 1. The highest BCUT2D eigenvalue weighted by Crippen LogP contribution is 2.59. The van der Waals surface area contributed by atoms with Gasteiger partial charge in [0.15, 0.2) is 0 Å². The van der Waals surface area contributed by atoms with Gasteiger partial charge >= 0.3 is 5.97 Å². The van der Waals surface area contributed by atoms with Crippen LogP contribution in [0.1, 0.15) is 49.7 Å². The van der Waals surface area contributed by atoms with Gasteiger partial charge in [0.05, 0.1) is 12.0 Å². The van der Waals surface area contributed by atoms with Crippen molar-refractivity contribution in [1.29, 1.82) is 0 Å². The number of rotatable bonds is 4. The topological polar surface area (TPSA) is 98.1 Å². The number of aliphatic hydroxyl groups is 1. The highest BCUT2D eigenvalue weighted by Gasteiger charge is 2.66. The number of aromatic hydroxyl groups is 1. The van der Waals surface area contributed by atoms with E-state index in [9.17, 15) is 24.9 Å². The lowest BCUT2D eigenvalue weighted by molar-refractivity contribution is -0.183. The summed E-state index contributed by atoms with van der Waals surface area (Å²) in [6, 6.07) is 5.22. The number of hydrogen-bond acceptors (Lipinski definition) is 5. The second kappa shape index (κ2) is 6.04. The lowest BCUT2D eigenvalue weighted by Gasteiger charge is -2.64. The molecule has 6 heteroatoms. The van der Waals surface area contributed by atoms with Crippen LogP contribution in [-0.4, -0.2) is 56.7 Å². The molecule has 3 aliphatic carbocycles. The van der Waals surface area contributed by atoms with Gasteiger partial charge in [-0.1, -0.05) is 6.07 Å². The number of carboxylic acids is 1. The van der Waals surface area contributed by atoms with Crippen LogP contribution < -0.4 is 0 Å². The quantitative estimate of drug-likeness (QED) is 0.732. The van der Waals surface area contributed by atoms with Crippen LogP contribution in [0.25, 0.3) is 0 Å². The van der Waals surface area contributed by atoms with Gasteiger partial charge in [0, 0.05) is 30.3 Å². The second-order valence-electron chi connectivity index (χ2n) is 9.40. The maximum atomic E-state index is 12.9. The Labute approximate surface area is 164 Å². The van der Waals surface area contributed by atoms with Gasteiger partial charge in [-0.3, -0.25) is 14.5 Å². The number of ketones is 1. The van der Waals surface area contributed by atoms with Gasteiger partial charge < -0.3 is 15.3 Å². The molecule has 1 aromatic carbocycles. The molecular weight excluding hydrogens is 358 g/mol. The van der Waals surface area contributed by atoms with Gasteiger partial charge in [-0.2, -0.15) is 0 Å². The van der Waals surface area contributed by atoms with Crippen LogP contribution in [0, 0.1) is 11.8 Å². The first-order chi connectivity index (χ1) is 13.3. The van der Waals surface area contributed by atoms with Crippen LogP contribution in [0.15, 0.2) is 18.2 Å². The summed E-state index contributed by atoms with van der Waals surface area (Å²) in [6.45, 7) is 1.80. The highest BCUT2D eigenvalue weighted by molar-refractivity contribution is 5.88. The molecule has 0 aromatic heterocycles. The van der Waals surface area contributed by atoms with E-state index < -0.39 is 22.9 Å². The number of benzene rings is 1. The Bertz CT molecular complexity index is 849. The number of Topliss-reactive ketones (excluding diaryl/α,β-unsaturated/α-hetero) is 1. The fourth-order valence-corrected chi connectivity index (χ4v) is 6.24. The van der Waals surface area contributed by atoms with E-state index in [0.717, 1.165) is 24.2 Å². The molecule has 4 aliphatic rings. The van der Waals surface area contributed by atoms with Crippen molar-refractivity contribution < 1.29 is 24.9 Å². The third kappa shape index (κ3) is 2.54. The van der Waals surface area contributed by atoms with Gasteiger partial charge in [0.2, 0.25) is 0 Å². The Morgan fingerprint density at radius 1 is 1.29 bits per heavy atom. The number of carbonyl (C=O) groups excluding carboxylic acids is 1. The molecule has 6 nitrogen and oxygen atoms in total. The molecule has 3 fully saturated rings. The van der Waals surface area contributed by atoms with Crippen molar-refractivity contribution in [3.63, 3.8) is 0 Å². The minimum atomic E-state index is -1.14. The zero-order chi connectivity index (χ0) is 19.7. The number of likely N-dealkylation sites (tertiary alicyclic amines) is 1. The predicted molar refractivity (Wildman–Crippen MR) is 101 cm³/mol. The van der Waals surface area contributed by atoms with Gasteiger partial charge in [-0.05, 0) is 67.8 Å². The molecule has 1 aliphatic heterocycles.